The number of nitrogens with two attached hydrogens (primary N) is 1. The van der Waals surface area contributed by atoms with Crippen molar-refractivity contribution < 1.29 is 23.9 Å². The summed E-state index contributed by atoms with van der Waals surface area (Å²) in [6.45, 7) is 1.93. The topological polar surface area (TPSA) is 108 Å². The molecule has 1 saturated heterocycles. The van der Waals surface area contributed by atoms with Crippen molar-refractivity contribution in [1.29, 1.82) is 0 Å². The van der Waals surface area contributed by atoms with Crippen molar-refractivity contribution >= 4 is 28.9 Å². The van der Waals surface area contributed by atoms with Gasteiger partial charge >= 0.3 is 5.97 Å². The maximum atomic E-state index is 11.7. The molecule has 2 aromatic carbocycles. The first-order chi connectivity index (χ1) is 13.9. The van der Waals surface area contributed by atoms with Crippen molar-refractivity contribution in [1.82, 2.24) is 5.32 Å². The van der Waals surface area contributed by atoms with Crippen LogP contribution >= 0.6 is 11.8 Å². The van der Waals surface area contributed by atoms with Gasteiger partial charge in [0.2, 0.25) is 5.91 Å². The standard InChI is InChI=1S/C21H22N2O5S/c1-12-9-14(11-18-19(24)23-21(26)29-18)5-8-17(12)28-15-6-3-13(4-7-15)10-16(22)20(25)27-2/h3-9,16,18H,10-11,22H2,1-2H3,(H,23,24,26). The zero-order valence-corrected chi connectivity index (χ0v) is 17.0. The van der Waals surface area contributed by atoms with E-state index in [1.165, 1.54) is 7.11 Å². The molecule has 0 aliphatic carbocycles. The number of hydrogen-bond acceptors (Lipinski definition) is 7. The van der Waals surface area contributed by atoms with Crippen LogP contribution in [-0.4, -0.2) is 35.5 Å². The van der Waals surface area contributed by atoms with Crippen LogP contribution < -0.4 is 15.8 Å². The number of ether oxygens (including phenoxy) is 2. The number of thioether (sulfide) groups is 1. The molecule has 29 heavy (non-hydrogen) atoms. The van der Waals surface area contributed by atoms with Crippen LogP contribution in [0.4, 0.5) is 4.79 Å². The predicted octanol–water partition coefficient (Wildman–Crippen LogP) is 2.72. The minimum absolute atomic E-state index is 0.245. The van der Waals surface area contributed by atoms with E-state index in [0.717, 1.165) is 28.5 Å². The van der Waals surface area contributed by atoms with Gasteiger partial charge in [-0.2, -0.15) is 0 Å². The van der Waals surface area contributed by atoms with Crippen LogP contribution in [0.1, 0.15) is 16.7 Å². The summed E-state index contributed by atoms with van der Waals surface area (Å²) in [6.07, 6.45) is 0.869. The first-order valence-electron chi connectivity index (χ1n) is 9.07. The molecule has 2 aromatic rings. The summed E-state index contributed by atoms with van der Waals surface area (Å²) < 4.78 is 10.6. The van der Waals surface area contributed by atoms with E-state index in [1.807, 2.05) is 49.4 Å². The number of carbonyl (C=O) groups excluding carboxylic acids is 3. The molecule has 3 rings (SSSR count). The van der Waals surface area contributed by atoms with Crippen LogP contribution in [0.2, 0.25) is 0 Å². The van der Waals surface area contributed by atoms with Crippen molar-refractivity contribution in [2.75, 3.05) is 7.11 Å². The van der Waals surface area contributed by atoms with Crippen molar-refractivity contribution in [3.63, 3.8) is 0 Å². The Morgan fingerprint density at radius 2 is 1.86 bits per heavy atom. The average molecular weight is 414 g/mol. The van der Waals surface area contributed by atoms with Crippen molar-refractivity contribution in [2.45, 2.75) is 31.1 Å². The number of carbonyl (C=O) groups is 3. The van der Waals surface area contributed by atoms with E-state index in [1.54, 1.807) is 0 Å². The number of methoxy groups -OCH3 is 1. The molecule has 7 nitrogen and oxygen atoms in total. The van der Waals surface area contributed by atoms with E-state index in [0.29, 0.717) is 24.3 Å². The summed E-state index contributed by atoms with van der Waals surface area (Å²) in [7, 11) is 1.31. The van der Waals surface area contributed by atoms with Gasteiger partial charge in [-0.05, 0) is 54.7 Å². The quantitative estimate of drug-likeness (QED) is 0.671. The van der Waals surface area contributed by atoms with Crippen LogP contribution in [-0.2, 0) is 27.2 Å². The Bertz CT molecular complexity index is 929. The number of hydrogen-bond donors (Lipinski definition) is 2. The highest BCUT2D eigenvalue weighted by molar-refractivity contribution is 8.15. The Morgan fingerprint density at radius 1 is 1.17 bits per heavy atom. The van der Waals surface area contributed by atoms with Gasteiger partial charge in [-0.3, -0.25) is 19.7 Å². The van der Waals surface area contributed by atoms with Crippen LogP contribution in [0.5, 0.6) is 11.5 Å². The summed E-state index contributed by atoms with van der Waals surface area (Å²) in [5.74, 6) is 0.670. The van der Waals surface area contributed by atoms with Gasteiger partial charge < -0.3 is 15.2 Å². The predicted molar refractivity (Wildman–Crippen MR) is 110 cm³/mol. The summed E-state index contributed by atoms with van der Waals surface area (Å²) in [6, 6.07) is 12.3. The third-order valence-corrected chi connectivity index (χ3v) is 5.52. The Hall–Kier alpha value is -2.84. The van der Waals surface area contributed by atoms with E-state index in [2.05, 4.69) is 10.1 Å². The van der Waals surface area contributed by atoms with Gasteiger partial charge in [-0.25, -0.2) is 0 Å². The fourth-order valence-corrected chi connectivity index (χ4v) is 3.86. The number of imide groups is 1. The Labute approximate surface area is 172 Å². The number of rotatable bonds is 7. The SMILES string of the molecule is COC(=O)C(N)Cc1ccc(Oc2ccc(CC3SC(=O)NC3=O)cc2C)cc1. The molecule has 0 spiro atoms. The van der Waals surface area contributed by atoms with E-state index in [-0.39, 0.29) is 11.1 Å². The molecular formula is C21H22N2O5S. The van der Waals surface area contributed by atoms with Gasteiger partial charge in [-0.15, -0.1) is 0 Å². The maximum absolute atomic E-state index is 11.7. The molecule has 2 unspecified atom stereocenters. The van der Waals surface area contributed by atoms with E-state index in [4.69, 9.17) is 10.5 Å². The summed E-state index contributed by atoms with van der Waals surface area (Å²) in [5, 5.41) is 1.61. The number of esters is 1. The second-order valence-electron chi connectivity index (χ2n) is 6.77. The molecule has 2 amide bonds. The fraction of sp³-hybridized carbons (Fsp3) is 0.286. The molecule has 2 atom stereocenters. The Kier molecular flexibility index (Phi) is 6.56. The van der Waals surface area contributed by atoms with Crippen molar-refractivity contribution in [2.24, 2.45) is 5.73 Å². The van der Waals surface area contributed by atoms with E-state index >= 15 is 0 Å². The molecule has 1 aliphatic rings. The maximum Gasteiger partial charge on any atom is 0.322 e. The largest absolute Gasteiger partial charge is 0.468 e. The van der Waals surface area contributed by atoms with Crippen LogP contribution in [0, 0.1) is 6.92 Å². The smallest absolute Gasteiger partial charge is 0.322 e. The number of amides is 2. The first kappa shape index (κ1) is 20.9. The lowest BCUT2D eigenvalue weighted by Gasteiger charge is -2.13. The molecule has 0 bridgehead atoms. The normalized spacial score (nSPS) is 17.0. The molecule has 0 radical (unpaired) electrons. The second kappa shape index (κ2) is 9.11. The Balaban J connectivity index is 1.62. The number of aryl methyl sites for hydroxylation is 1. The molecule has 8 heteroatoms. The van der Waals surface area contributed by atoms with Gasteiger partial charge in [-0.1, -0.05) is 36.0 Å². The lowest BCUT2D eigenvalue weighted by molar-refractivity contribution is -0.142. The minimum Gasteiger partial charge on any atom is -0.468 e. The Morgan fingerprint density at radius 3 is 2.45 bits per heavy atom. The molecule has 1 aliphatic heterocycles. The first-order valence-corrected chi connectivity index (χ1v) is 9.95. The molecular weight excluding hydrogens is 392 g/mol. The number of nitrogens with one attached hydrogen (secondary N) is 1. The van der Waals surface area contributed by atoms with Crippen LogP contribution in [0.3, 0.4) is 0 Å². The van der Waals surface area contributed by atoms with Gasteiger partial charge in [0.1, 0.15) is 17.5 Å². The summed E-state index contributed by atoms with van der Waals surface area (Å²) in [4.78, 5) is 34.4. The second-order valence-corrected chi connectivity index (χ2v) is 7.94. The van der Waals surface area contributed by atoms with E-state index in [9.17, 15) is 14.4 Å². The fourth-order valence-electron chi connectivity index (χ4n) is 3.00. The monoisotopic (exact) mass is 414 g/mol. The molecule has 152 valence electrons. The van der Waals surface area contributed by atoms with Crippen molar-refractivity contribution in [3.05, 3.63) is 59.2 Å². The van der Waals surface area contributed by atoms with Gasteiger partial charge in [0, 0.05) is 0 Å². The highest BCUT2D eigenvalue weighted by Gasteiger charge is 2.31. The highest BCUT2D eigenvalue weighted by Crippen LogP contribution is 2.28. The lowest BCUT2D eigenvalue weighted by Crippen LogP contribution is -2.33. The zero-order chi connectivity index (χ0) is 21.0. The minimum atomic E-state index is -0.697. The van der Waals surface area contributed by atoms with Gasteiger partial charge in [0.25, 0.3) is 5.24 Å². The summed E-state index contributed by atoms with van der Waals surface area (Å²) >= 11 is 1.02. The highest BCUT2D eigenvalue weighted by atomic mass is 32.2. The lowest BCUT2D eigenvalue weighted by atomic mass is 10.1. The zero-order valence-electron chi connectivity index (χ0n) is 16.1. The van der Waals surface area contributed by atoms with Gasteiger partial charge in [0.05, 0.1) is 12.4 Å². The molecule has 1 fully saturated rings. The molecule has 3 N–H and O–H groups in total. The van der Waals surface area contributed by atoms with Crippen molar-refractivity contribution in [3.8, 4) is 11.5 Å². The molecule has 1 heterocycles. The third-order valence-electron chi connectivity index (χ3n) is 4.54. The van der Waals surface area contributed by atoms with Gasteiger partial charge in [0.15, 0.2) is 0 Å². The van der Waals surface area contributed by atoms with E-state index < -0.39 is 17.3 Å². The van der Waals surface area contributed by atoms with Crippen LogP contribution in [0.25, 0.3) is 0 Å². The molecule has 0 aromatic heterocycles. The molecule has 0 saturated carbocycles. The average Bonchev–Trinajstić information content (AvgIpc) is 3.01. The summed E-state index contributed by atoms with van der Waals surface area (Å²) in [5.41, 5.74) is 8.57. The number of benzene rings is 2. The third kappa shape index (κ3) is 5.36. The van der Waals surface area contributed by atoms with Crippen LogP contribution in [0.15, 0.2) is 42.5 Å².